The molecular formula is C41H38Cl2N4O6. The zero-order valence-corrected chi connectivity index (χ0v) is 30.6. The Hall–Kier alpha value is -5.42. The number of aromatic nitrogens is 1. The highest BCUT2D eigenvalue weighted by atomic mass is 35.5. The third-order valence-electron chi connectivity index (χ3n) is 8.76. The van der Waals surface area contributed by atoms with Gasteiger partial charge in [0.05, 0.1) is 22.7 Å². The summed E-state index contributed by atoms with van der Waals surface area (Å²) in [6, 6.07) is 29.2. The number of piperazine rings is 1. The number of nitro groups is 1. The normalized spacial score (nSPS) is 13.2. The lowest BCUT2D eigenvalue weighted by molar-refractivity contribution is -0.384. The molecule has 1 aromatic heterocycles. The molecule has 0 spiro atoms. The second-order valence-corrected chi connectivity index (χ2v) is 13.4. The SMILES string of the molecule is Cc1cc(C=CC(=O)N2CCN(Cc3ccc(CCOc4ccc([N+](=O)[O-])cc4)cc3)CC2)cc(Cl)c1Oc1ccc(OCc2ccccc2Cl)cn1. The molecule has 12 heteroatoms. The van der Waals surface area contributed by atoms with Crippen LogP contribution in [0, 0.1) is 17.0 Å². The molecule has 0 aliphatic carbocycles. The van der Waals surface area contributed by atoms with Gasteiger partial charge in [0, 0.05) is 74.0 Å². The first kappa shape index (κ1) is 37.3. The Bertz CT molecular complexity index is 2030. The molecule has 1 aliphatic rings. The van der Waals surface area contributed by atoms with Crippen LogP contribution in [-0.4, -0.2) is 58.4 Å². The van der Waals surface area contributed by atoms with E-state index in [4.69, 9.17) is 37.4 Å². The van der Waals surface area contributed by atoms with E-state index in [0.717, 1.165) is 48.3 Å². The average Bonchev–Trinajstić information content (AvgIpc) is 3.16. The van der Waals surface area contributed by atoms with Crippen molar-refractivity contribution >= 4 is 40.9 Å². The molecule has 53 heavy (non-hydrogen) atoms. The molecule has 272 valence electrons. The van der Waals surface area contributed by atoms with Gasteiger partial charge in [-0.1, -0.05) is 65.7 Å². The zero-order valence-electron chi connectivity index (χ0n) is 29.1. The maximum atomic E-state index is 13.0. The van der Waals surface area contributed by atoms with E-state index in [9.17, 15) is 14.9 Å². The lowest BCUT2D eigenvalue weighted by atomic mass is 10.1. The topological polar surface area (TPSA) is 107 Å². The van der Waals surface area contributed by atoms with Crippen molar-refractivity contribution in [3.05, 3.63) is 157 Å². The number of ether oxygens (including phenoxy) is 3. The Morgan fingerprint density at radius 2 is 1.58 bits per heavy atom. The van der Waals surface area contributed by atoms with Gasteiger partial charge in [0.15, 0.2) is 5.75 Å². The van der Waals surface area contributed by atoms with Crippen molar-refractivity contribution in [1.82, 2.24) is 14.8 Å². The molecule has 0 bridgehead atoms. The Kier molecular flexibility index (Phi) is 12.6. The zero-order chi connectivity index (χ0) is 37.2. The van der Waals surface area contributed by atoms with Crippen molar-refractivity contribution in [3.63, 3.8) is 0 Å². The lowest BCUT2D eigenvalue weighted by Gasteiger charge is -2.34. The molecule has 0 N–H and O–H groups in total. The fourth-order valence-corrected chi connectivity index (χ4v) is 6.30. The highest BCUT2D eigenvalue weighted by Gasteiger charge is 2.20. The standard InChI is InChI=1S/C41H38Cl2N4O6/c1-29-24-32(25-38(43)41(29)53-39-16-15-36(26-44-39)52-28-33-4-2-3-5-37(33)42)10-17-40(48)46-21-19-45(20-22-46)27-31-8-6-30(7-9-31)18-23-51-35-13-11-34(12-14-35)47(49)50/h2-17,24-26H,18-23,27-28H2,1H3. The van der Waals surface area contributed by atoms with Gasteiger partial charge < -0.3 is 19.1 Å². The monoisotopic (exact) mass is 752 g/mol. The van der Waals surface area contributed by atoms with E-state index in [1.165, 1.54) is 17.7 Å². The minimum absolute atomic E-state index is 0.0411. The number of nitrogens with zero attached hydrogens (tertiary/aromatic N) is 4. The smallest absolute Gasteiger partial charge is 0.269 e. The highest BCUT2D eigenvalue weighted by Crippen LogP contribution is 2.34. The number of rotatable bonds is 14. The predicted octanol–water partition coefficient (Wildman–Crippen LogP) is 8.96. The molecule has 0 unspecified atom stereocenters. The summed E-state index contributed by atoms with van der Waals surface area (Å²) in [4.78, 5) is 32.0. The molecule has 6 rings (SSSR count). The van der Waals surface area contributed by atoms with Crippen LogP contribution in [0.4, 0.5) is 5.69 Å². The average molecular weight is 754 g/mol. The maximum absolute atomic E-state index is 13.0. The van der Waals surface area contributed by atoms with Gasteiger partial charge in [0.1, 0.15) is 18.1 Å². The number of carbonyl (C=O) groups excluding carboxylic acids is 1. The molecule has 4 aromatic carbocycles. The van der Waals surface area contributed by atoms with E-state index in [-0.39, 0.29) is 11.6 Å². The van der Waals surface area contributed by atoms with Crippen LogP contribution < -0.4 is 14.2 Å². The molecule has 5 aromatic rings. The van der Waals surface area contributed by atoms with Crippen molar-refractivity contribution in [2.24, 2.45) is 0 Å². The highest BCUT2D eigenvalue weighted by molar-refractivity contribution is 6.32. The van der Waals surface area contributed by atoms with Gasteiger partial charge >= 0.3 is 0 Å². The number of hydrogen-bond acceptors (Lipinski definition) is 8. The fraction of sp³-hybridized carbons (Fsp3) is 0.220. The molecule has 0 atom stereocenters. The van der Waals surface area contributed by atoms with Gasteiger partial charge in [-0.2, -0.15) is 0 Å². The van der Waals surface area contributed by atoms with Crippen molar-refractivity contribution < 1.29 is 23.9 Å². The number of non-ortho nitro benzene ring substituents is 1. The van der Waals surface area contributed by atoms with Crippen molar-refractivity contribution in [2.75, 3.05) is 32.8 Å². The summed E-state index contributed by atoms with van der Waals surface area (Å²) >= 11 is 12.8. The summed E-state index contributed by atoms with van der Waals surface area (Å²) in [6.45, 7) is 6.35. The molecule has 0 radical (unpaired) electrons. The van der Waals surface area contributed by atoms with Gasteiger partial charge in [0.25, 0.3) is 5.69 Å². The van der Waals surface area contributed by atoms with Crippen LogP contribution >= 0.6 is 23.2 Å². The van der Waals surface area contributed by atoms with Gasteiger partial charge in [0.2, 0.25) is 11.8 Å². The van der Waals surface area contributed by atoms with Crippen molar-refractivity contribution in [2.45, 2.75) is 26.5 Å². The number of amides is 1. The van der Waals surface area contributed by atoms with Crippen LogP contribution in [-0.2, 0) is 24.4 Å². The second-order valence-electron chi connectivity index (χ2n) is 12.6. The molecule has 1 saturated heterocycles. The second kappa shape index (κ2) is 17.9. The summed E-state index contributed by atoms with van der Waals surface area (Å²) < 4.78 is 17.5. The molecule has 10 nitrogen and oxygen atoms in total. The van der Waals surface area contributed by atoms with E-state index < -0.39 is 4.92 Å². The Morgan fingerprint density at radius 3 is 2.26 bits per heavy atom. The number of carbonyl (C=O) groups is 1. The first-order valence-electron chi connectivity index (χ1n) is 17.1. The Labute approximate surface area is 318 Å². The van der Waals surface area contributed by atoms with E-state index >= 15 is 0 Å². The number of pyridine rings is 1. The largest absolute Gasteiger partial charge is 0.493 e. The predicted molar refractivity (Wildman–Crippen MR) is 206 cm³/mol. The van der Waals surface area contributed by atoms with Gasteiger partial charge in [-0.3, -0.25) is 19.8 Å². The molecular weight excluding hydrogens is 715 g/mol. The summed E-state index contributed by atoms with van der Waals surface area (Å²) in [5.41, 5.74) is 4.88. The minimum atomic E-state index is -0.428. The first-order valence-corrected chi connectivity index (χ1v) is 17.9. The minimum Gasteiger partial charge on any atom is -0.493 e. The van der Waals surface area contributed by atoms with Gasteiger partial charge in [-0.25, -0.2) is 4.98 Å². The van der Waals surface area contributed by atoms with Crippen LogP contribution in [0.25, 0.3) is 6.08 Å². The summed E-state index contributed by atoms with van der Waals surface area (Å²) in [7, 11) is 0. The summed E-state index contributed by atoms with van der Waals surface area (Å²) in [5.74, 6) is 2.01. The van der Waals surface area contributed by atoms with E-state index in [0.29, 0.717) is 59.5 Å². The van der Waals surface area contributed by atoms with Gasteiger partial charge in [-0.05, 0) is 71.7 Å². The number of hydrogen-bond donors (Lipinski definition) is 0. The van der Waals surface area contributed by atoms with Crippen LogP contribution in [0.2, 0.25) is 10.0 Å². The van der Waals surface area contributed by atoms with Gasteiger partial charge in [-0.15, -0.1) is 0 Å². The number of benzene rings is 4. The van der Waals surface area contributed by atoms with Crippen LogP contribution in [0.5, 0.6) is 23.1 Å². The van der Waals surface area contributed by atoms with Crippen molar-refractivity contribution in [1.29, 1.82) is 0 Å². The molecule has 0 saturated carbocycles. The number of halogens is 2. The Balaban J connectivity index is 0.926. The number of nitro benzene ring substituents is 1. The van der Waals surface area contributed by atoms with E-state index in [1.54, 1.807) is 48.7 Å². The molecule has 1 aliphatic heterocycles. The lowest BCUT2D eigenvalue weighted by Crippen LogP contribution is -2.47. The van der Waals surface area contributed by atoms with Crippen LogP contribution in [0.1, 0.15) is 27.8 Å². The molecule has 1 fully saturated rings. The fourth-order valence-electron chi connectivity index (χ4n) is 5.80. The quantitative estimate of drug-likeness (QED) is 0.0629. The first-order chi connectivity index (χ1) is 25.7. The summed E-state index contributed by atoms with van der Waals surface area (Å²) in [5, 5.41) is 11.9. The Morgan fingerprint density at radius 1 is 0.868 bits per heavy atom. The van der Waals surface area contributed by atoms with Crippen LogP contribution in [0.3, 0.4) is 0 Å². The molecule has 1 amide bonds. The third-order valence-corrected chi connectivity index (χ3v) is 9.41. The van der Waals surface area contributed by atoms with E-state index in [2.05, 4.69) is 34.1 Å². The van der Waals surface area contributed by atoms with Crippen molar-refractivity contribution in [3.8, 4) is 23.1 Å². The maximum Gasteiger partial charge on any atom is 0.269 e. The molecule has 2 heterocycles. The van der Waals surface area contributed by atoms with E-state index in [1.807, 2.05) is 42.2 Å². The summed E-state index contributed by atoms with van der Waals surface area (Å²) in [6.07, 6.45) is 5.68. The number of aryl methyl sites for hydroxylation is 1. The van der Waals surface area contributed by atoms with Crippen LogP contribution in [0.15, 0.2) is 109 Å². The third kappa shape index (κ3) is 10.6.